The van der Waals surface area contributed by atoms with Crippen molar-refractivity contribution < 1.29 is 18.0 Å². The summed E-state index contributed by atoms with van der Waals surface area (Å²) in [5, 5.41) is 2.74. The van der Waals surface area contributed by atoms with E-state index in [0.717, 1.165) is 17.7 Å². The Morgan fingerprint density at radius 2 is 1.83 bits per heavy atom. The number of rotatable bonds is 5. The molecule has 0 aliphatic carbocycles. The number of carbonyl (C=O) groups is 1. The maximum absolute atomic E-state index is 13.3. The second kappa shape index (κ2) is 9.03. The number of nitrogens with one attached hydrogen (secondary N) is 1. The van der Waals surface area contributed by atoms with E-state index in [2.05, 4.69) is 10.3 Å². The highest BCUT2D eigenvalue weighted by molar-refractivity contribution is 6.44. The van der Waals surface area contributed by atoms with Gasteiger partial charge in [0.2, 0.25) is 5.91 Å². The van der Waals surface area contributed by atoms with E-state index < -0.39 is 11.6 Å². The lowest BCUT2D eigenvalue weighted by molar-refractivity contribution is -0.119. The Kier molecular flexibility index (Phi) is 6.46. The second-order valence-electron chi connectivity index (χ2n) is 7.40. The van der Waals surface area contributed by atoms with Gasteiger partial charge in [-0.3, -0.25) is 14.8 Å². The van der Waals surface area contributed by atoms with E-state index >= 15 is 0 Å². The predicted octanol–water partition coefficient (Wildman–Crippen LogP) is 4.40. The Morgan fingerprint density at radius 1 is 1.10 bits per heavy atom. The molecule has 4 nitrogen and oxygen atoms in total. The number of amides is 1. The van der Waals surface area contributed by atoms with E-state index in [1.54, 1.807) is 12.1 Å². The van der Waals surface area contributed by atoms with Crippen LogP contribution < -0.4 is 5.32 Å². The molecule has 1 aliphatic rings. The van der Waals surface area contributed by atoms with E-state index in [4.69, 9.17) is 4.99 Å². The maximum Gasteiger partial charge on any atom is 0.229 e. The van der Waals surface area contributed by atoms with Crippen molar-refractivity contribution in [3.05, 3.63) is 71.0 Å². The molecule has 2 aromatic carbocycles. The van der Waals surface area contributed by atoms with Crippen LogP contribution in [0.3, 0.4) is 0 Å². The Balaban J connectivity index is 1.73. The van der Waals surface area contributed by atoms with Gasteiger partial charge in [0, 0.05) is 0 Å². The topological polar surface area (TPSA) is 53.8 Å². The van der Waals surface area contributed by atoms with Crippen molar-refractivity contribution in [1.82, 2.24) is 5.32 Å². The minimum atomic E-state index is -0.991. The first kappa shape index (κ1) is 20.8. The Hall–Kier alpha value is -2.96. The van der Waals surface area contributed by atoms with E-state index in [-0.39, 0.29) is 30.1 Å². The third-order valence-electron chi connectivity index (χ3n) is 4.47. The predicted molar refractivity (Wildman–Crippen MR) is 107 cm³/mol. The van der Waals surface area contributed by atoms with Gasteiger partial charge in [-0.15, -0.1) is 0 Å². The minimum Gasteiger partial charge on any atom is -0.309 e. The summed E-state index contributed by atoms with van der Waals surface area (Å²) in [5.41, 5.74) is 1.88. The Morgan fingerprint density at radius 3 is 2.48 bits per heavy atom. The van der Waals surface area contributed by atoms with Crippen LogP contribution >= 0.6 is 0 Å². The molecule has 0 spiro atoms. The van der Waals surface area contributed by atoms with Gasteiger partial charge in [-0.25, -0.2) is 13.2 Å². The van der Waals surface area contributed by atoms with Gasteiger partial charge in [-0.05, 0) is 47.7 Å². The highest BCUT2D eigenvalue weighted by atomic mass is 19.2. The molecule has 3 rings (SSSR count). The van der Waals surface area contributed by atoms with Crippen molar-refractivity contribution >= 4 is 17.5 Å². The lowest BCUT2D eigenvalue weighted by atomic mass is 10.0. The first-order valence-corrected chi connectivity index (χ1v) is 9.42. The summed E-state index contributed by atoms with van der Waals surface area (Å²) in [6.07, 6.45) is 0.508. The van der Waals surface area contributed by atoms with Crippen LogP contribution in [0.2, 0.25) is 0 Å². The molecular weight excluding hydrogens is 379 g/mol. The number of hydrogen-bond acceptors (Lipinski definition) is 3. The van der Waals surface area contributed by atoms with Gasteiger partial charge in [0.25, 0.3) is 0 Å². The van der Waals surface area contributed by atoms with E-state index in [1.165, 1.54) is 18.2 Å². The van der Waals surface area contributed by atoms with Crippen LogP contribution in [0, 0.1) is 23.4 Å². The normalized spacial score (nSPS) is 16.4. The van der Waals surface area contributed by atoms with Gasteiger partial charge >= 0.3 is 0 Å². The van der Waals surface area contributed by atoms with Crippen LogP contribution in [0.15, 0.2) is 52.4 Å². The highest BCUT2D eigenvalue weighted by Gasteiger charge is 2.22. The average Bonchev–Trinajstić information content (AvgIpc) is 2.66. The van der Waals surface area contributed by atoms with Gasteiger partial charge < -0.3 is 5.32 Å². The zero-order valence-electron chi connectivity index (χ0n) is 16.3. The molecule has 0 radical (unpaired) electrons. The van der Waals surface area contributed by atoms with E-state index in [9.17, 15) is 18.0 Å². The number of amidine groups is 1. The molecule has 29 heavy (non-hydrogen) atoms. The Bertz CT molecular complexity index is 952. The van der Waals surface area contributed by atoms with E-state index in [1.807, 2.05) is 13.8 Å². The molecule has 1 unspecified atom stereocenters. The molecular formula is C22H22F3N3O. The molecule has 0 bridgehead atoms. The third kappa shape index (κ3) is 5.53. The van der Waals surface area contributed by atoms with Crippen LogP contribution in [-0.4, -0.2) is 24.0 Å². The van der Waals surface area contributed by atoms with Crippen LogP contribution in [0.4, 0.5) is 13.2 Å². The Labute approximate surface area is 167 Å². The summed E-state index contributed by atoms with van der Waals surface area (Å²) in [6.45, 7) is 4.39. The molecule has 0 aromatic heterocycles. The zero-order valence-corrected chi connectivity index (χ0v) is 16.3. The highest BCUT2D eigenvalue weighted by Crippen LogP contribution is 2.23. The molecule has 0 fully saturated rings. The summed E-state index contributed by atoms with van der Waals surface area (Å²) in [7, 11) is 0. The fourth-order valence-corrected chi connectivity index (χ4v) is 3.08. The number of halogens is 3. The fourth-order valence-electron chi connectivity index (χ4n) is 3.08. The molecule has 2 aromatic rings. The van der Waals surface area contributed by atoms with Gasteiger partial charge in [0.1, 0.15) is 11.7 Å². The van der Waals surface area contributed by atoms with Gasteiger partial charge in [-0.1, -0.05) is 32.0 Å². The number of aliphatic imine (C=N–C) groups is 2. The van der Waals surface area contributed by atoms with Crippen molar-refractivity contribution in [2.45, 2.75) is 32.7 Å². The largest absolute Gasteiger partial charge is 0.309 e. The van der Waals surface area contributed by atoms with Crippen LogP contribution in [0.1, 0.15) is 37.4 Å². The zero-order chi connectivity index (χ0) is 21.0. The maximum atomic E-state index is 13.3. The summed E-state index contributed by atoms with van der Waals surface area (Å²) < 4.78 is 39.6. The number of carbonyl (C=O) groups excluding carboxylic acids is 1. The van der Waals surface area contributed by atoms with Crippen LogP contribution in [-0.2, 0) is 11.2 Å². The van der Waals surface area contributed by atoms with Crippen LogP contribution in [0.5, 0.6) is 0 Å². The van der Waals surface area contributed by atoms with Gasteiger partial charge in [0.15, 0.2) is 11.6 Å². The number of benzene rings is 2. The molecule has 1 aliphatic heterocycles. The van der Waals surface area contributed by atoms with Crippen molar-refractivity contribution in [1.29, 1.82) is 0 Å². The summed E-state index contributed by atoms with van der Waals surface area (Å²) in [4.78, 5) is 21.6. The standard InChI is InChI=1S/C22H22F3N3O/c1-13(2)9-19-22(26-12-20(27-19)15-4-6-16(23)7-5-15)28-21(29)11-14-3-8-17(24)18(25)10-14/h3-8,10,13,20H,9,11-12H2,1-2H3,(H,26,28,29). The monoisotopic (exact) mass is 401 g/mol. The minimum absolute atomic E-state index is 0.105. The molecule has 1 atom stereocenters. The molecule has 0 saturated heterocycles. The summed E-state index contributed by atoms with van der Waals surface area (Å²) in [5.74, 6) is -1.96. The molecule has 7 heteroatoms. The van der Waals surface area contributed by atoms with Crippen molar-refractivity contribution in [3.63, 3.8) is 0 Å². The third-order valence-corrected chi connectivity index (χ3v) is 4.47. The first-order chi connectivity index (χ1) is 13.8. The lowest BCUT2D eigenvalue weighted by Gasteiger charge is -2.22. The summed E-state index contributed by atoms with van der Waals surface area (Å²) >= 11 is 0. The molecule has 152 valence electrons. The second-order valence-corrected chi connectivity index (χ2v) is 7.40. The van der Waals surface area contributed by atoms with E-state index in [0.29, 0.717) is 30.1 Å². The first-order valence-electron chi connectivity index (χ1n) is 9.42. The molecule has 1 amide bonds. The lowest BCUT2D eigenvalue weighted by Crippen LogP contribution is -2.40. The van der Waals surface area contributed by atoms with Crippen molar-refractivity contribution in [2.24, 2.45) is 15.9 Å². The molecule has 0 saturated carbocycles. The fraction of sp³-hybridized carbons (Fsp3) is 0.318. The quantitative estimate of drug-likeness (QED) is 0.793. The van der Waals surface area contributed by atoms with Crippen molar-refractivity contribution in [3.8, 4) is 0 Å². The SMILES string of the molecule is CC(C)CC1=NC(c2ccc(F)cc2)CN=C1NC(=O)Cc1ccc(F)c(F)c1. The van der Waals surface area contributed by atoms with Crippen LogP contribution in [0.25, 0.3) is 0 Å². The van der Waals surface area contributed by atoms with Gasteiger partial charge in [0.05, 0.1) is 24.7 Å². The number of hydrogen-bond donors (Lipinski definition) is 1. The summed E-state index contributed by atoms with van der Waals surface area (Å²) in [6, 6.07) is 9.26. The smallest absolute Gasteiger partial charge is 0.229 e. The number of nitrogens with zero attached hydrogens (tertiary/aromatic N) is 2. The van der Waals surface area contributed by atoms with Crippen molar-refractivity contribution in [2.75, 3.05) is 6.54 Å². The molecule has 1 N–H and O–H groups in total. The molecule has 1 heterocycles. The van der Waals surface area contributed by atoms with Gasteiger partial charge in [-0.2, -0.15) is 0 Å². The average molecular weight is 401 g/mol.